The van der Waals surface area contributed by atoms with E-state index in [-0.39, 0.29) is 5.91 Å². The van der Waals surface area contributed by atoms with Gasteiger partial charge in [0.15, 0.2) is 0 Å². The summed E-state index contributed by atoms with van der Waals surface area (Å²) < 4.78 is 6.70. The van der Waals surface area contributed by atoms with Crippen LogP contribution < -0.4 is 10.1 Å². The molecule has 0 aliphatic carbocycles. The fourth-order valence-electron chi connectivity index (χ4n) is 2.37. The average molecular weight is 390 g/mol. The lowest BCUT2D eigenvalue weighted by molar-refractivity contribution is -0.116. The van der Waals surface area contributed by atoms with Crippen molar-refractivity contribution in [1.29, 1.82) is 0 Å². The summed E-state index contributed by atoms with van der Waals surface area (Å²) in [5.41, 5.74) is 4.34. The van der Waals surface area contributed by atoms with Gasteiger partial charge in [-0.05, 0) is 77.5 Å². The van der Waals surface area contributed by atoms with Crippen LogP contribution in [0.3, 0.4) is 0 Å². The van der Waals surface area contributed by atoms with Gasteiger partial charge >= 0.3 is 0 Å². The fourth-order valence-corrected chi connectivity index (χ4v) is 2.90. The number of carbonyl (C=O) groups is 1. The summed E-state index contributed by atoms with van der Waals surface area (Å²) in [4.78, 5) is 12.1. The number of hydrogen-bond donors (Lipinski definition) is 1. The van der Waals surface area contributed by atoms with E-state index in [4.69, 9.17) is 4.74 Å². The molecule has 0 spiro atoms. The lowest BCUT2D eigenvalue weighted by atomic mass is 10.1. The number of halogens is 1. The van der Waals surface area contributed by atoms with Crippen LogP contribution in [0.15, 0.2) is 40.9 Å². The molecule has 3 nitrogen and oxygen atoms in total. The Hall–Kier alpha value is -1.81. The molecule has 0 bridgehead atoms. The van der Waals surface area contributed by atoms with E-state index in [2.05, 4.69) is 40.3 Å². The smallest absolute Gasteiger partial charge is 0.224 e. The third-order valence-corrected chi connectivity index (χ3v) is 4.52. The Morgan fingerprint density at radius 2 is 1.96 bits per heavy atom. The van der Waals surface area contributed by atoms with E-state index < -0.39 is 0 Å². The SMILES string of the molecule is CCc1ccc(NC(=O)CCCOc2cc(C)ccc2C)c(Br)c1. The summed E-state index contributed by atoms with van der Waals surface area (Å²) in [5, 5.41) is 2.94. The third kappa shape index (κ3) is 5.38. The van der Waals surface area contributed by atoms with Crippen LogP contribution in [-0.2, 0) is 11.2 Å². The fraction of sp³-hybridized carbons (Fsp3) is 0.350. The highest BCUT2D eigenvalue weighted by molar-refractivity contribution is 9.10. The molecule has 2 aromatic carbocycles. The molecule has 0 radical (unpaired) electrons. The van der Waals surface area contributed by atoms with Crippen LogP contribution in [0.25, 0.3) is 0 Å². The molecule has 128 valence electrons. The van der Waals surface area contributed by atoms with Gasteiger partial charge in [-0.15, -0.1) is 0 Å². The predicted octanol–water partition coefficient (Wildman–Crippen LogP) is 5.43. The minimum absolute atomic E-state index is 0.00418. The number of ether oxygens (including phenoxy) is 1. The van der Waals surface area contributed by atoms with Crippen molar-refractivity contribution in [2.75, 3.05) is 11.9 Å². The first kappa shape index (κ1) is 18.5. The minimum Gasteiger partial charge on any atom is -0.493 e. The molecule has 0 saturated carbocycles. The Morgan fingerprint density at radius 3 is 2.67 bits per heavy atom. The van der Waals surface area contributed by atoms with Gasteiger partial charge < -0.3 is 10.1 Å². The van der Waals surface area contributed by atoms with E-state index in [0.717, 1.165) is 27.9 Å². The highest BCUT2D eigenvalue weighted by atomic mass is 79.9. The van der Waals surface area contributed by atoms with Gasteiger partial charge in [-0.3, -0.25) is 4.79 Å². The second kappa shape index (κ2) is 8.88. The molecule has 1 N–H and O–H groups in total. The number of nitrogens with one attached hydrogen (secondary N) is 1. The van der Waals surface area contributed by atoms with Gasteiger partial charge in [0.1, 0.15) is 5.75 Å². The Kier molecular flexibility index (Phi) is 6.85. The molecule has 2 rings (SSSR count). The van der Waals surface area contributed by atoms with Gasteiger partial charge in [0.2, 0.25) is 5.91 Å². The molecule has 0 heterocycles. The normalized spacial score (nSPS) is 10.5. The summed E-state index contributed by atoms with van der Waals surface area (Å²) >= 11 is 3.50. The maximum absolute atomic E-state index is 12.1. The first-order valence-electron chi connectivity index (χ1n) is 8.28. The third-order valence-electron chi connectivity index (χ3n) is 3.87. The monoisotopic (exact) mass is 389 g/mol. The molecular weight excluding hydrogens is 366 g/mol. The van der Waals surface area contributed by atoms with Gasteiger partial charge in [-0.2, -0.15) is 0 Å². The molecule has 0 saturated heterocycles. The number of aryl methyl sites for hydroxylation is 3. The molecule has 0 aliphatic heterocycles. The number of carbonyl (C=O) groups excluding carboxylic acids is 1. The van der Waals surface area contributed by atoms with Gasteiger partial charge in [0, 0.05) is 10.9 Å². The van der Waals surface area contributed by atoms with Crippen LogP contribution in [0.1, 0.15) is 36.5 Å². The summed E-state index contributed by atoms with van der Waals surface area (Å²) in [5.74, 6) is 0.901. The molecule has 2 aromatic rings. The lowest BCUT2D eigenvalue weighted by Gasteiger charge is -2.11. The van der Waals surface area contributed by atoms with Gasteiger partial charge in [0.05, 0.1) is 12.3 Å². The number of anilines is 1. The zero-order chi connectivity index (χ0) is 17.5. The van der Waals surface area contributed by atoms with Crippen molar-refractivity contribution < 1.29 is 9.53 Å². The number of hydrogen-bond acceptors (Lipinski definition) is 2. The van der Waals surface area contributed by atoms with Crippen molar-refractivity contribution in [3.63, 3.8) is 0 Å². The molecule has 0 aliphatic rings. The van der Waals surface area contributed by atoms with Crippen LogP contribution in [0.5, 0.6) is 5.75 Å². The number of benzene rings is 2. The maximum atomic E-state index is 12.1. The summed E-state index contributed by atoms with van der Waals surface area (Å²) in [6.07, 6.45) is 2.10. The van der Waals surface area contributed by atoms with Gasteiger partial charge in [0.25, 0.3) is 0 Å². The van der Waals surface area contributed by atoms with Gasteiger partial charge in [-0.1, -0.05) is 25.1 Å². The van der Waals surface area contributed by atoms with E-state index in [1.165, 1.54) is 11.1 Å². The Bertz CT molecular complexity index is 713. The molecule has 4 heteroatoms. The maximum Gasteiger partial charge on any atom is 0.224 e. The quantitative estimate of drug-likeness (QED) is 0.641. The predicted molar refractivity (Wildman–Crippen MR) is 103 cm³/mol. The van der Waals surface area contributed by atoms with Crippen LogP contribution in [0, 0.1) is 13.8 Å². The average Bonchev–Trinajstić information content (AvgIpc) is 2.56. The van der Waals surface area contributed by atoms with Crippen molar-refractivity contribution >= 4 is 27.5 Å². The van der Waals surface area contributed by atoms with Crippen molar-refractivity contribution in [2.24, 2.45) is 0 Å². The zero-order valence-corrected chi connectivity index (χ0v) is 16.1. The molecule has 0 atom stereocenters. The second-order valence-corrected chi connectivity index (χ2v) is 6.79. The molecule has 0 aromatic heterocycles. The minimum atomic E-state index is 0.00418. The van der Waals surface area contributed by atoms with Crippen molar-refractivity contribution in [2.45, 2.75) is 40.0 Å². The second-order valence-electron chi connectivity index (χ2n) is 5.94. The lowest BCUT2D eigenvalue weighted by Crippen LogP contribution is -2.13. The standard InChI is InChI=1S/C20H24BrNO2/c1-4-16-9-10-18(17(21)13-16)22-20(23)6-5-11-24-19-12-14(2)7-8-15(19)3/h7-10,12-13H,4-6,11H2,1-3H3,(H,22,23). The van der Waals surface area contributed by atoms with E-state index in [0.29, 0.717) is 19.4 Å². The van der Waals surface area contributed by atoms with E-state index in [1.807, 2.05) is 38.1 Å². The zero-order valence-electron chi connectivity index (χ0n) is 14.5. The van der Waals surface area contributed by atoms with Crippen LogP contribution >= 0.6 is 15.9 Å². The molecule has 1 amide bonds. The first-order valence-corrected chi connectivity index (χ1v) is 9.07. The van der Waals surface area contributed by atoms with Crippen LogP contribution in [-0.4, -0.2) is 12.5 Å². The molecule has 0 unspecified atom stereocenters. The van der Waals surface area contributed by atoms with Crippen LogP contribution in [0.2, 0.25) is 0 Å². The summed E-state index contributed by atoms with van der Waals surface area (Å²) in [6.45, 7) is 6.71. The van der Waals surface area contributed by atoms with E-state index >= 15 is 0 Å². The van der Waals surface area contributed by atoms with Crippen molar-refractivity contribution in [1.82, 2.24) is 0 Å². The number of amides is 1. The Balaban J connectivity index is 1.78. The highest BCUT2D eigenvalue weighted by Crippen LogP contribution is 2.24. The molecular formula is C20H24BrNO2. The Labute approximate surface area is 152 Å². The van der Waals surface area contributed by atoms with Gasteiger partial charge in [-0.25, -0.2) is 0 Å². The largest absolute Gasteiger partial charge is 0.493 e. The van der Waals surface area contributed by atoms with Crippen molar-refractivity contribution in [3.8, 4) is 5.75 Å². The van der Waals surface area contributed by atoms with E-state index in [9.17, 15) is 4.79 Å². The van der Waals surface area contributed by atoms with Crippen molar-refractivity contribution in [3.05, 3.63) is 57.6 Å². The highest BCUT2D eigenvalue weighted by Gasteiger charge is 2.07. The Morgan fingerprint density at radius 1 is 1.17 bits per heavy atom. The summed E-state index contributed by atoms with van der Waals surface area (Å²) in [6, 6.07) is 12.2. The molecule has 0 fully saturated rings. The molecule has 24 heavy (non-hydrogen) atoms. The summed E-state index contributed by atoms with van der Waals surface area (Å²) in [7, 11) is 0. The topological polar surface area (TPSA) is 38.3 Å². The van der Waals surface area contributed by atoms with E-state index in [1.54, 1.807) is 0 Å². The first-order chi connectivity index (χ1) is 11.5. The van der Waals surface area contributed by atoms with Crippen LogP contribution in [0.4, 0.5) is 5.69 Å². The number of rotatable bonds is 7.